The number of rotatable bonds is 3. The van der Waals surface area contributed by atoms with Crippen LogP contribution in [0.25, 0.3) is 0 Å². The van der Waals surface area contributed by atoms with Gasteiger partial charge in [0.25, 0.3) is 0 Å². The molecule has 2 rings (SSSR count). The van der Waals surface area contributed by atoms with E-state index in [1.807, 2.05) is 0 Å². The number of nitrogens with zero attached hydrogens (tertiary/aromatic N) is 2. The van der Waals surface area contributed by atoms with E-state index in [0.717, 1.165) is 12.0 Å². The van der Waals surface area contributed by atoms with Crippen molar-refractivity contribution in [1.82, 2.24) is 9.80 Å². The molecule has 0 atom stereocenters. The molecule has 1 aliphatic carbocycles. The summed E-state index contributed by atoms with van der Waals surface area (Å²) in [6, 6.07) is 0.733. The molecule has 16 heavy (non-hydrogen) atoms. The number of hydrogen-bond acceptors (Lipinski definition) is 2. The molecule has 0 aromatic carbocycles. The zero-order valence-electron chi connectivity index (χ0n) is 11.1. The van der Waals surface area contributed by atoms with E-state index in [2.05, 4.69) is 23.6 Å². The molecule has 2 heteroatoms. The summed E-state index contributed by atoms with van der Waals surface area (Å²) in [6.07, 6.45) is 7.43. The van der Waals surface area contributed by atoms with Gasteiger partial charge in [0, 0.05) is 38.8 Å². The average Bonchev–Trinajstić information content (AvgIpc) is 2.31. The summed E-state index contributed by atoms with van der Waals surface area (Å²) < 4.78 is 0. The quantitative estimate of drug-likeness (QED) is 0.727. The third kappa shape index (κ3) is 3.46. The van der Waals surface area contributed by atoms with Crippen LogP contribution in [0.4, 0.5) is 0 Å². The summed E-state index contributed by atoms with van der Waals surface area (Å²) in [5.74, 6) is 1.01. The minimum Gasteiger partial charge on any atom is -0.301 e. The van der Waals surface area contributed by atoms with E-state index < -0.39 is 0 Å². The van der Waals surface area contributed by atoms with Gasteiger partial charge in [-0.25, -0.2) is 0 Å². The van der Waals surface area contributed by atoms with Gasteiger partial charge in [-0.1, -0.05) is 19.3 Å². The van der Waals surface area contributed by atoms with Crippen LogP contribution in [0.1, 0.15) is 46.0 Å². The van der Waals surface area contributed by atoms with Gasteiger partial charge in [-0.3, -0.25) is 4.90 Å². The van der Waals surface area contributed by atoms with E-state index in [4.69, 9.17) is 0 Å². The van der Waals surface area contributed by atoms with Gasteiger partial charge in [-0.15, -0.1) is 0 Å². The monoisotopic (exact) mass is 224 g/mol. The molecule has 0 aromatic heterocycles. The van der Waals surface area contributed by atoms with E-state index in [9.17, 15) is 0 Å². The largest absolute Gasteiger partial charge is 0.301 e. The van der Waals surface area contributed by atoms with Crippen LogP contribution in [0.2, 0.25) is 0 Å². The fourth-order valence-electron chi connectivity index (χ4n) is 3.20. The minimum atomic E-state index is 0.733. The molecule has 1 aliphatic heterocycles. The first-order chi connectivity index (χ1) is 7.75. The fourth-order valence-corrected chi connectivity index (χ4v) is 3.20. The lowest BCUT2D eigenvalue weighted by Crippen LogP contribution is -2.49. The molecule has 0 unspecified atom stereocenters. The van der Waals surface area contributed by atoms with E-state index >= 15 is 0 Å². The maximum Gasteiger partial charge on any atom is 0.0113 e. The Morgan fingerprint density at radius 1 is 0.938 bits per heavy atom. The van der Waals surface area contributed by atoms with Crippen molar-refractivity contribution in [2.45, 2.75) is 52.0 Å². The second kappa shape index (κ2) is 6.02. The Bertz CT molecular complexity index is 189. The third-order valence-corrected chi connectivity index (χ3v) is 4.38. The summed E-state index contributed by atoms with van der Waals surface area (Å²) >= 11 is 0. The standard InChI is InChI=1S/C14H28N2/c1-13(2)16-10-8-15(9-11-16)12-14-6-4-3-5-7-14/h13-14H,3-12H2,1-2H3. The Morgan fingerprint density at radius 2 is 1.56 bits per heavy atom. The molecule has 1 saturated heterocycles. The number of hydrogen-bond donors (Lipinski definition) is 0. The maximum absolute atomic E-state index is 2.70. The van der Waals surface area contributed by atoms with Crippen LogP contribution in [0.3, 0.4) is 0 Å². The van der Waals surface area contributed by atoms with Crippen LogP contribution in [0.15, 0.2) is 0 Å². The molecule has 94 valence electrons. The van der Waals surface area contributed by atoms with Gasteiger partial charge in [0.1, 0.15) is 0 Å². The molecule has 0 aromatic rings. The van der Waals surface area contributed by atoms with Crippen molar-refractivity contribution >= 4 is 0 Å². The first-order valence-corrected chi connectivity index (χ1v) is 7.22. The van der Waals surface area contributed by atoms with Crippen molar-refractivity contribution in [3.63, 3.8) is 0 Å². The Balaban J connectivity index is 1.68. The predicted molar refractivity (Wildman–Crippen MR) is 69.7 cm³/mol. The van der Waals surface area contributed by atoms with Gasteiger partial charge in [-0.05, 0) is 32.6 Å². The van der Waals surface area contributed by atoms with Gasteiger partial charge >= 0.3 is 0 Å². The van der Waals surface area contributed by atoms with E-state index in [-0.39, 0.29) is 0 Å². The molecule has 1 saturated carbocycles. The van der Waals surface area contributed by atoms with Gasteiger partial charge in [0.05, 0.1) is 0 Å². The number of piperazine rings is 1. The average molecular weight is 224 g/mol. The normalized spacial score (nSPS) is 26.4. The SMILES string of the molecule is CC(C)N1CCN(CC2CCCCC2)CC1. The van der Waals surface area contributed by atoms with Crippen molar-refractivity contribution in [2.75, 3.05) is 32.7 Å². The second-order valence-electron chi connectivity index (χ2n) is 5.93. The highest BCUT2D eigenvalue weighted by molar-refractivity contribution is 4.77. The van der Waals surface area contributed by atoms with Gasteiger partial charge < -0.3 is 4.90 Å². The zero-order chi connectivity index (χ0) is 11.4. The molecule has 2 aliphatic rings. The Labute approximate surface area is 101 Å². The van der Waals surface area contributed by atoms with Crippen molar-refractivity contribution in [3.8, 4) is 0 Å². The summed E-state index contributed by atoms with van der Waals surface area (Å²) in [4.78, 5) is 5.31. The highest BCUT2D eigenvalue weighted by Gasteiger charge is 2.22. The van der Waals surface area contributed by atoms with Gasteiger partial charge in [0.15, 0.2) is 0 Å². The first kappa shape index (κ1) is 12.4. The van der Waals surface area contributed by atoms with Crippen molar-refractivity contribution < 1.29 is 0 Å². The van der Waals surface area contributed by atoms with Crippen molar-refractivity contribution in [2.24, 2.45) is 5.92 Å². The molecule has 0 spiro atoms. The lowest BCUT2D eigenvalue weighted by molar-refractivity contribution is 0.0909. The van der Waals surface area contributed by atoms with Crippen LogP contribution >= 0.6 is 0 Å². The lowest BCUT2D eigenvalue weighted by atomic mass is 9.89. The Hall–Kier alpha value is -0.0800. The summed E-state index contributed by atoms with van der Waals surface area (Å²) in [5, 5.41) is 0. The molecule has 2 fully saturated rings. The van der Waals surface area contributed by atoms with Gasteiger partial charge in [0.2, 0.25) is 0 Å². The first-order valence-electron chi connectivity index (χ1n) is 7.22. The van der Waals surface area contributed by atoms with Crippen LogP contribution in [0, 0.1) is 5.92 Å². The molecule has 0 radical (unpaired) electrons. The Morgan fingerprint density at radius 3 is 2.12 bits per heavy atom. The smallest absolute Gasteiger partial charge is 0.0113 e. The summed E-state index contributed by atoms with van der Waals surface area (Å²) in [7, 11) is 0. The molecule has 1 heterocycles. The summed E-state index contributed by atoms with van der Waals surface area (Å²) in [5.41, 5.74) is 0. The van der Waals surface area contributed by atoms with Crippen LogP contribution < -0.4 is 0 Å². The molecular formula is C14H28N2. The lowest BCUT2D eigenvalue weighted by Gasteiger charge is -2.38. The molecular weight excluding hydrogens is 196 g/mol. The van der Waals surface area contributed by atoms with Crippen LogP contribution in [0.5, 0.6) is 0 Å². The predicted octanol–water partition coefficient (Wildman–Crippen LogP) is 2.59. The maximum atomic E-state index is 2.70. The fraction of sp³-hybridized carbons (Fsp3) is 1.00. The minimum absolute atomic E-state index is 0.733. The van der Waals surface area contributed by atoms with Crippen molar-refractivity contribution in [3.05, 3.63) is 0 Å². The molecule has 0 bridgehead atoms. The highest BCUT2D eigenvalue weighted by atomic mass is 15.3. The zero-order valence-corrected chi connectivity index (χ0v) is 11.1. The molecule has 0 N–H and O–H groups in total. The van der Waals surface area contributed by atoms with Gasteiger partial charge in [-0.2, -0.15) is 0 Å². The van der Waals surface area contributed by atoms with Crippen molar-refractivity contribution in [1.29, 1.82) is 0 Å². The highest BCUT2D eigenvalue weighted by Crippen LogP contribution is 2.24. The van der Waals surface area contributed by atoms with E-state index in [0.29, 0.717) is 0 Å². The second-order valence-corrected chi connectivity index (χ2v) is 5.93. The summed E-state index contributed by atoms with van der Waals surface area (Å²) in [6.45, 7) is 11.2. The molecule has 0 amide bonds. The van der Waals surface area contributed by atoms with E-state index in [1.54, 1.807) is 0 Å². The Kier molecular flexibility index (Phi) is 4.66. The molecule has 2 nitrogen and oxygen atoms in total. The topological polar surface area (TPSA) is 6.48 Å². The third-order valence-electron chi connectivity index (χ3n) is 4.38. The van der Waals surface area contributed by atoms with Crippen LogP contribution in [-0.4, -0.2) is 48.6 Å². The van der Waals surface area contributed by atoms with Crippen LogP contribution in [-0.2, 0) is 0 Å². The van der Waals surface area contributed by atoms with E-state index in [1.165, 1.54) is 64.8 Å².